The fourth-order valence-corrected chi connectivity index (χ4v) is 2.89. The third-order valence-electron chi connectivity index (χ3n) is 3.65. The van der Waals surface area contributed by atoms with E-state index in [0.717, 1.165) is 5.56 Å². The van der Waals surface area contributed by atoms with Gasteiger partial charge in [-0.3, -0.25) is 4.79 Å². The van der Waals surface area contributed by atoms with Gasteiger partial charge in [-0.1, -0.05) is 39.8 Å². The molecule has 0 saturated carbocycles. The number of hydrogen-bond acceptors (Lipinski definition) is 3. The second-order valence-corrected chi connectivity index (χ2v) is 13.4. The zero-order chi connectivity index (χ0) is 15.6. The Labute approximate surface area is 128 Å². The van der Waals surface area contributed by atoms with Crippen LogP contribution in [0, 0.1) is 11.5 Å². The zero-order valence-corrected chi connectivity index (χ0v) is 15.6. The molecule has 1 aromatic carbocycles. The Morgan fingerprint density at radius 2 is 1.60 bits per heavy atom. The number of hydrogen-bond donors (Lipinski definition) is 0. The summed E-state index contributed by atoms with van der Waals surface area (Å²) in [6.07, 6.45) is 0. The summed E-state index contributed by atoms with van der Waals surface area (Å²) >= 11 is -3.91. The molecule has 3 nitrogen and oxygen atoms in total. The maximum absolute atomic E-state index is 11.3. The molecule has 0 aliphatic rings. The molecule has 1 rings (SSSR count). The van der Waals surface area contributed by atoms with Crippen molar-refractivity contribution in [2.45, 2.75) is 38.9 Å². The molecule has 108 valence electrons. The molecule has 0 heterocycles. The molecular formula is C15H19IO3Si. The van der Waals surface area contributed by atoms with E-state index >= 15 is 0 Å². The minimum atomic E-state index is -3.91. The zero-order valence-electron chi connectivity index (χ0n) is 12.4. The van der Waals surface area contributed by atoms with Gasteiger partial charge >= 0.3 is 19.8 Å². The first kappa shape index (κ1) is 17.0. The van der Waals surface area contributed by atoms with Crippen LogP contribution in [0.4, 0.5) is 0 Å². The third-order valence-corrected chi connectivity index (χ3v) is 9.57. The number of rotatable bonds is 2. The quantitative estimate of drug-likeness (QED) is 0.319. The van der Waals surface area contributed by atoms with Gasteiger partial charge in [-0.2, -0.15) is 0 Å². The molecule has 0 bridgehead atoms. The normalized spacial score (nSPS) is 11.9. The van der Waals surface area contributed by atoms with Gasteiger partial charge < -0.3 is 0 Å². The monoisotopic (exact) mass is 402 g/mol. The van der Waals surface area contributed by atoms with Gasteiger partial charge in [0.15, 0.2) is 0 Å². The molecule has 0 N–H and O–H groups in total. The largest absolute Gasteiger partial charge is 0.382 e. The predicted octanol–water partition coefficient (Wildman–Crippen LogP) is 4.42. The van der Waals surface area contributed by atoms with Gasteiger partial charge in [0, 0.05) is 11.1 Å². The van der Waals surface area contributed by atoms with Crippen molar-refractivity contribution in [1.82, 2.24) is 0 Å². The molecule has 0 radical (unpaired) electrons. The van der Waals surface area contributed by atoms with Gasteiger partial charge in [0.25, 0.3) is 3.79 Å². The molecule has 0 unspecified atom stereocenters. The van der Waals surface area contributed by atoms with Crippen LogP contribution in [0.3, 0.4) is 0 Å². The Bertz CT molecular complexity index is 630. The lowest BCUT2D eigenvalue weighted by molar-refractivity contribution is 0.110. The Morgan fingerprint density at radius 1 is 1.10 bits per heavy atom. The van der Waals surface area contributed by atoms with Crippen LogP contribution < -0.4 is 0 Å². The lowest BCUT2D eigenvalue weighted by atomic mass is 10.2. The summed E-state index contributed by atoms with van der Waals surface area (Å²) in [6, 6.07) is 6.45. The molecule has 0 fully saturated rings. The van der Waals surface area contributed by atoms with E-state index in [1.807, 2.05) is 0 Å². The van der Waals surface area contributed by atoms with Crippen molar-refractivity contribution < 1.29 is 10.9 Å². The van der Waals surface area contributed by atoms with Crippen molar-refractivity contribution in [3.63, 3.8) is 0 Å². The van der Waals surface area contributed by atoms with Crippen molar-refractivity contribution in [3.05, 3.63) is 35.4 Å². The summed E-state index contributed by atoms with van der Waals surface area (Å²) in [6.45, 7) is 11.0. The van der Waals surface area contributed by atoms with E-state index in [1.165, 1.54) is 12.1 Å². The summed E-state index contributed by atoms with van der Waals surface area (Å²) < 4.78 is 20.7. The first-order valence-electron chi connectivity index (χ1n) is 6.27. The number of carbonyl (C=O) groups excluding carboxylic acids is 1. The fourth-order valence-electron chi connectivity index (χ4n) is 1.19. The van der Waals surface area contributed by atoms with Gasteiger partial charge in [0.05, 0.1) is 0 Å². The molecule has 20 heavy (non-hydrogen) atoms. The number of carbonyl (C=O) groups is 1. The van der Waals surface area contributed by atoms with Gasteiger partial charge in [-0.25, -0.2) is 6.14 Å². The van der Waals surface area contributed by atoms with Gasteiger partial charge in [0.1, 0.15) is 8.07 Å². The Hall–Kier alpha value is -1.00. The third kappa shape index (κ3) is 4.25. The molecule has 0 amide bonds. The summed E-state index contributed by atoms with van der Waals surface area (Å²) in [7, 11) is -1.66. The van der Waals surface area contributed by atoms with Crippen molar-refractivity contribution >= 4 is 31.7 Å². The minimum Gasteiger partial charge on any atom is -0.276 e. The second kappa shape index (κ2) is 6.18. The summed E-state index contributed by atoms with van der Waals surface area (Å²) in [5, 5.41) is 0.195. The van der Waals surface area contributed by atoms with Crippen LogP contribution in [0.2, 0.25) is 18.1 Å². The average molecular weight is 402 g/mol. The molecular weight excluding hydrogens is 383 g/mol. The van der Waals surface area contributed by atoms with Crippen LogP contribution in [-0.4, -0.2) is 11.9 Å². The maximum atomic E-state index is 11.3. The van der Waals surface area contributed by atoms with Crippen LogP contribution in [0.25, 0.3) is 0 Å². The van der Waals surface area contributed by atoms with Crippen molar-refractivity contribution in [2.75, 3.05) is 0 Å². The first-order valence-corrected chi connectivity index (χ1v) is 12.1. The molecule has 0 aromatic heterocycles. The van der Waals surface area contributed by atoms with Crippen molar-refractivity contribution in [3.8, 4) is 11.5 Å². The van der Waals surface area contributed by atoms with Crippen LogP contribution in [0.1, 0.15) is 36.7 Å². The molecule has 5 heteroatoms. The lowest BCUT2D eigenvalue weighted by Gasteiger charge is -2.31. The Balaban J connectivity index is 3.01. The van der Waals surface area contributed by atoms with Crippen LogP contribution in [0.15, 0.2) is 24.3 Å². The Morgan fingerprint density at radius 3 is 2.00 bits per heavy atom. The second-order valence-electron chi connectivity index (χ2n) is 6.19. The van der Waals surface area contributed by atoms with Gasteiger partial charge in [-0.15, -0.1) is 5.54 Å². The van der Waals surface area contributed by atoms with E-state index < -0.39 is 31.7 Å². The first-order chi connectivity index (χ1) is 9.04. The van der Waals surface area contributed by atoms with Crippen LogP contribution in [-0.2, 0) is 6.14 Å². The molecule has 0 spiro atoms. The van der Waals surface area contributed by atoms with Gasteiger partial charge in [0.2, 0.25) is 0 Å². The van der Waals surface area contributed by atoms with Crippen LogP contribution in [0.5, 0.6) is 0 Å². The topological polar surface area (TPSA) is 51.2 Å². The highest BCUT2D eigenvalue weighted by atomic mass is 127. The van der Waals surface area contributed by atoms with Crippen molar-refractivity contribution in [1.29, 1.82) is 0 Å². The highest BCUT2D eigenvalue weighted by molar-refractivity contribution is 14.2. The van der Waals surface area contributed by atoms with E-state index in [1.54, 1.807) is 12.1 Å². The minimum absolute atomic E-state index is 0.195. The van der Waals surface area contributed by atoms with E-state index in [4.69, 9.17) is 0 Å². The highest BCUT2D eigenvalue weighted by Crippen LogP contribution is 2.35. The number of benzene rings is 1. The summed E-state index contributed by atoms with van der Waals surface area (Å²) in [4.78, 5) is 11.3. The fraction of sp³-hybridized carbons (Fsp3) is 0.400. The summed E-state index contributed by atoms with van der Waals surface area (Å²) in [5.74, 6) is 3.14. The molecule has 1 aromatic rings. The molecule has 0 atom stereocenters. The average Bonchev–Trinajstić information content (AvgIpc) is 2.34. The molecule has 0 aliphatic heterocycles. The standard InChI is InChI=1S/C15H19IO3Si/c1-15(2,3)20(4,5)11-10-12-6-8-13(9-7-12)14(17)16(18)19/h6-9H,1-5H3. The highest BCUT2D eigenvalue weighted by Gasteiger charge is 2.33. The van der Waals surface area contributed by atoms with E-state index in [0.29, 0.717) is 0 Å². The SMILES string of the molecule is CC(C)(C)[Si](C)(C)C#Cc1ccc(C(=O)I(=O)=O)cc1. The lowest BCUT2D eigenvalue weighted by Crippen LogP contribution is -2.35. The smallest absolute Gasteiger partial charge is 0.276 e. The molecule has 0 saturated heterocycles. The van der Waals surface area contributed by atoms with E-state index in [-0.39, 0.29) is 10.6 Å². The Kier molecular flexibility index (Phi) is 5.27. The predicted molar refractivity (Wildman–Crippen MR) is 90.2 cm³/mol. The number of halogens is 1. The molecule has 0 aliphatic carbocycles. The van der Waals surface area contributed by atoms with E-state index in [9.17, 15) is 10.9 Å². The summed E-state index contributed by atoms with van der Waals surface area (Å²) in [5.41, 5.74) is 4.41. The maximum Gasteiger partial charge on any atom is 0.382 e. The van der Waals surface area contributed by atoms with E-state index in [2.05, 4.69) is 45.3 Å². The van der Waals surface area contributed by atoms with Gasteiger partial charge in [-0.05, 0) is 29.3 Å². The van der Waals surface area contributed by atoms with Crippen molar-refractivity contribution in [2.24, 2.45) is 0 Å². The van der Waals surface area contributed by atoms with Crippen LogP contribution >= 0.6 is 19.8 Å².